The molecule has 1 rings (SSSR count). The lowest BCUT2D eigenvalue weighted by Crippen LogP contribution is -2.21. The van der Waals surface area contributed by atoms with Crippen molar-refractivity contribution in [2.45, 2.75) is 20.0 Å². The van der Waals surface area contributed by atoms with E-state index >= 15 is 0 Å². The summed E-state index contributed by atoms with van der Waals surface area (Å²) in [6.07, 6.45) is 0.572. The van der Waals surface area contributed by atoms with Crippen molar-refractivity contribution in [2.75, 3.05) is 18.5 Å². The minimum absolute atomic E-state index is 0.0158. The molecular formula is C12H18N2O4. The quantitative estimate of drug-likeness (QED) is 0.684. The normalized spacial score (nSPS) is 12.3. The van der Waals surface area contributed by atoms with Crippen LogP contribution in [0.5, 0.6) is 5.75 Å². The number of aliphatic hydroxyl groups excluding tert-OH is 2. The number of amides is 1. The third-order valence-corrected chi connectivity index (χ3v) is 2.16. The largest absolute Gasteiger partial charge is 0.491 e. The summed E-state index contributed by atoms with van der Waals surface area (Å²) in [5.41, 5.74) is 0. The van der Waals surface area contributed by atoms with Gasteiger partial charge in [-0.3, -0.25) is 4.79 Å². The van der Waals surface area contributed by atoms with E-state index in [4.69, 9.17) is 14.9 Å². The highest BCUT2D eigenvalue weighted by atomic mass is 16.5. The van der Waals surface area contributed by atoms with Crippen molar-refractivity contribution in [3.8, 4) is 5.75 Å². The molecule has 0 aliphatic rings. The molecular weight excluding hydrogens is 236 g/mol. The van der Waals surface area contributed by atoms with Gasteiger partial charge in [0.2, 0.25) is 5.91 Å². The zero-order chi connectivity index (χ0) is 13.5. The first-order valence-electron chi connectivity index (χ1n) is 5.71. The number of carbonyl (C=O) groups is 1. The minimum Gasteiger partial charge on any atom is -0.491 e. The number of hydrogen-bond donors (Lipinski definition) is 3. The minimum atomic E-state index is -0.924. The number of hydrogen-bond acceptors (Lipinski definition) is 5. The second kappa shape index (κ2) is 6.93. The molecule has 0 aliphatic carbocycles. The number of carbonyl (C=O) groups excluding carboxylic acids is 1. The zero-order valence-electron chi connectivity index (χ0n) is 10.5. The Kier molecular flexibility index (Phi) is 5.54. The van der Waals surface area contributed by atoms with E-state index in [1.165, 1.54) is 6.20 Å². The van der Waals surface area contributed by atoms with E-state index in [1.54, 1.807) is 26.0 Å². The molecule has 100 valence electrons. The van der Waals surface area contributed by atoms with Gasteiger partial charge in [-0.1, -0.05) is 13.8 Å². The molecule has 18 heavy (non-hydrogen) atoms. The highest BCUT2D eigenvalue weighted by Gasteiger charge is 2.09. The number of rotatable bonds is 6. The monoisotopic (exact) mass is 254 g/mol. The Bertz CT molecular complexity index is 395. The molecule has 0 saturated carbocycles. The maximum Gasteiger partial charge on any atom is 0.228 e. The first kappa shape index (κ1) is 14.4. The number of aliphatic hydroxyl groups is 2. The van der Waals surface area contributed by atoms with Gasteiger partial charge in [0.15, 0.2) is 0 Å². The second-order valence-electron chi connectivity index (χ2n) is 4.17. The summed E-state index contributed by atoms with van der Waals surface area (Å²) in [6, 6.07) is 3.17. The Labute approximate surface area is 106 Å². The fraction of sp³-hybridized carbons (Fsp3) is 0.500. The van der Waals surface area contributed by atoms with Gasteiger partial charge in [0, 0.05) is 18.2 Å². The first-order chi connectivity index (χ1) is 8.52. The van der Waals surface area contributed by atoms with E-state index in [0.717, 1.165) is 0 Å². The molecule has 0 aliphatic heterocycles. The van der Waals surface area contributed by atoms with Gasteiger partial charge in [0.25, 0.3) is 0 Å². The smallest absolute Gasteiger partial charge is 0.228 e. The highest BCUT2D eigenvalue weighted by Crippen LogP contribution is 2.15. The Morgan fingerprint density at radius 2 is 2.28 bits per heavy atom. The number of aromatic nitrogens is 1. The molecule has 0 fully saturated rings. The third kappa shape index (κ3) is 4.68. The van der Waals surface area contributed by atoms with Gasteiger partial charge >= 0.3 is 0 Å². The lowest BCUT2D eigenvalue weighted by Gasteiger charge is -2.11. The molecule has 1 aromatic heterocycles. The predicted octanol–water partition coefficient (Wildman–Crippen LogP) is 0.408. The van der Waals surface area contributed by atoms with Crippen molar-refractivity contribution in [1.29, 1.82) is 0 Å². The van der Waals surface area contributed by atoms with Crippen LogP contribution in [0.2, 0.25) is 0 Å². The van der Waals surface area contributed by atoms with Crippen LogP contribution in [-0.4, -0.2) is 40.4 Å². The lowest BCUT2D eigenvalue weighted by atomic mass is 10.2. The molecule has 0 spiro atoms. The summed E-state index contributed by atoms with van der Waals surface area (Å²) < 4.78 is 5.24. The molecule has 0 bridgehead atoms. The van der Waals surface area contributed by atoms with E-state index in [9.17, 15) is 4.79 Å². The SMILES string of the molecule is CC(C)C(=O)Nc1cc(OC[C@H](O)CO)ccn1. The van der Waals surface area contributed by atoms with Gasteiger partial charge in [-0.05, 0) is 6.07 Å². The molecule has 1 aromatic rings. The van der Waals surface area contributed by atoms with Gasteiger partial charge in [-0.25, -0.2) is 4.98 Å². The standard InChI is InChI=1S/C12H18N2O4/c1-8(2)12(17)14-11-5-10(3-4-13-11)18-7-9(16)6-15/h3-5,8-9,15-16H,6-7H2,1-2H3,(H,13,14,17)/t9-/m1/s1. The van der Waals surface area contributed by atoms with Crippen LogP contribution in [0, 0.1) is 5.92 Å². The summed E-state index contributed by atoms with van der Waals surface area (Å²) in [5, 5.41) is 20.4. The Balaban J connectivity index is 2.59. The van der Waals surface area contributed by atoms with Crippen LogP contribution in [0.3, 0.4) is 0 Å². The maximum absolute atomic E-state index is 11.5. The fourth-order valence-corrected chi connectivity index (χ4v) is 1.08. The van der Waals surface area contributed by atoms with Gasteiger partial charge < -0.3 is 20.3 Å². The maximum atomic E-state index is 11.5. The van der Waals surface area contributed by atoms with Crippen molar-refractivity contribution < 1.29 is 19.7 Å². The Hall–Kier alpha value is -1.66. The van der Waals surface area contributed by atoms with Crippen molar-refractivity contribution >= 4 is 11.7 Å². The summed E-state index contributed by atoms with van der Waals surface area (Å²) in [5.74, 6) is 0.601. The molecule has 0 aromatic carbocycles. The molecule has 6 heteroatoms. The molecule has 0 radical (unpaired) electrons. The van der Waals surface area contributed by atoms with Gasteiger partial charge in [-0.15, -0.1) is 0 Å². The Morgan fingerprint density at radius 1 is 1.56 bits per heavy atom. The van der Waals surface area contributed by atoms with Gasteiger partial charge in [0.05, 0.1) is 6.61 Å². The van der Waals surface area contributed by atoms with E-state index in [-0.39, 0.29) is 25.0 Å². The van der Waals surface area contributed by atoms with Crippen LogP contribution in [0.25, 0.3) is 0 Å². The van der Waals surface area contributed by atoms with Crippen LogP contribution in [0.4, 0.5) is 5.82 Å². The predicted molar refractivity (Wildman–Crippen MR) is 66.3 cm³/mol. The van der Waals surface area contributed by atoms with Crippen molar-refractivity contribution in [2.24, 2.45) is 5.92 Å². The van der Waals surface area contributed by atoms with E-state index in [2.05, 4.69) is 10.3 Å². The average Bonchev–Trinajstić information content (AvgIpc) is 2.36. The number of pyridine rings is 1. The van der Waals surface area contributed by atoms with Crippen LogP contribution in [-0.2, 0) is 4.79 Å². The van der Waals surface area contributed by atoms with Crippen LogP contribution in [0.15, 0.2) is 18.3 Å². The topological polar surface area (TPSA) is 91.7 Å². The summed E-state index contributed by atoms with van der Waals surface area (Å²) in [6.45, 7) is 3.20. The van der Waals surface area contributed by atoms with Crippen LogP contribution < -0.4 is 10.1 Å². The van der Waals surface area contributed by atoms with E-state index in [1.807, 2.05) is 0 Å². The summed E-state index contributed by atoms with van der Waals surface area (Å²) in [7, 11) is 0. The van der Waals surface area contributed by atoms with E-state index < -0.39 is 6.10 Å². The third-order valence-electron chi connectivity index (χ3n) is 2.16. The average molecular weight is 254 g/mol. The van der Waals surface area contributed by atoms with Crippen molar-refractivity contribution in [3.05, 3.63) is 18.3 Å². The molecule has 3 N–H and O–H groups in total. The highest BCUT2D eigenvalue weighted by molar-refractivity contribution is 5.91. The number of nitrogens with zero attached hydrogens (tertiary/aromatic N) is 1. The second-order valence-corrected chi connectivity index (χ2v) is 4.17. The molecule has 1 amide bonds. The molecule has 1 atom stereocenters. The van der Waals surface area contributed by atoms with Crippen molar-refractivity contribution in [1.82, 2.24) is 4.98 Å². The summed E-state index contributed by atoms with van der Waals surface area (Å²) in [4.78, 5) is 15.5. The lowest BCUT2D eigenvalue weighted by molar-refractivity contribution is -0.118. The van der Waals surface area contributed by atoms with Crippen LogP contribution in [0.1, 0.15) is 13.8 Å². The molecule has 0 saturated heterocycles. The number of anilines is 1. The Morgan fingerprint density at radius 3 is 2.89 bits per heavy atom. The van der Waals surface area contributed by atoms with Gasteiger partial charge in [0.1, 0.15) is 24.3 Å². The van der Waals surface area contributed by atoms with Crippen LogP contribution >= 0.6 is 0 Å². The fourth-order valence-electron chi connectivity index (χ4n) is 1.08. The van der Waals surface area contributed by atoms with Crippen molar-refractivity contribution in [3.63, 3.8) is 0 Å². The number of nitrogens with one attached hydrogen (secondary N) is 1. The first-order valence-corrected chi connectivity index (χ1v) is 5.71. The summed E-state index contributed by atoms with van der Waals surface area (Å²) >= 11 is 0. The van der Waals surface area contributed by atoms with E-state index in [0.29, 0.717) is 11.6 Å². The zero-order valence-corrected chi connectivity index (χ0v) is 10.5. The number of ether oxygens (including phenoxy) is 1. The van der Waals surface area contributed by atoms with Gasteiger partial charge in [-0.2, -0.15) is 0 Å². The molecule has 6 nitrogen and oxygen atoms in total. The molecule has 0 unspecified atom stereocenters. The molecule has 1 heterocycles.